The largest absolute Gasteiger partial charge is 0.489 e. The number of likely N-dealkylation sites (tertiary alicyclic amines) is 1. The van der Waals surface area contributed by atoms with E-state index in [2.05, 4.69) is 12.0 Å². The molecule has 1 aromatic rings. The molecule has 23 heavy (non-hydrogen) atoms. The number of ether oxygens (including phenoxy) is 1. The number of carbonyl (C=O) groups excluding carboxylic acids is 2. The molecule has 2 rings (SSSR count). The van der Waals surface area contributed by atoms with E-state index in [1.165, 1.54) is 0 Å². The molecular formula is C17H23N3O3. The topological polar surface area (TPSA) is 84.7 Å². The number of hydrazine groups is 1. The normalized spacial score (nSPS) is 15.1. The number of nitrogens with one attached hydrogen (secondary N) is 1. The van der Waals surface area contributed by atoms with E-state index in [4.69, 9.17) is 10.6 Å². The van der Waals surface area contributed by atoms with Gasteiger partial charge in [-0.15, -0.1) is 0 Å². The fourth-order valence-electron chi connectivity index (χ4n) is 2.57. The molecule has 1 aromatic carbocycles. The molecule has 6 heteroatoms. The Morgan fingerprint density at radius 1 is 1.39 bits per heavy atom. The van der Waals surface area contributed by atoms with E-state index in [0.29, 0.717) is 43.9 Å². The molecule has 0 aliphatic carbocycles. The minimum Gasteiger partial charge on any atom is -0.489 e. The predicted molar refractivity (Wildman–Crippen MR) is 87.7 cm³/mol. The molecule has 0 unspecified atom stereocenters. The molecule has 3 N–H and O–H groups in total. The van der Waals surface area contributed by atoms with Gasteiger partial charge >= 0.3 is 0 Å². The van der Waals surface area contributed by atoms with Gasteiger partial charge in [-0.05, 0) is 43.5 Å². The molecule has 1 aliphatic heterocycles. The molecule has 0 saturated carbocycles. The van der Waals surface area contributed by atoms with Gasteiger partial charge in [-0.2, -0.15) is 0 Å². The second kappa shape index (κ2) is 7.78. The van der Waals surface area contributed by atoms with Crippen molar-refractivity contribution in [1.29, 1.82) is 0 Å². The maximum Gasteiger partial charge on any atom is 0.253 e. The number of hydrogen-bond donors (Lipinski definition) is 2. The van der Waals surface area contributed by atoms with Crippen LogP contribution in [0.15, 0.2) is 36.4 Å². The first-order valence-electron chi connectivity index (χ1n) is 7.68. The van der Waals surface area contributed by atoms with Crippen LogP contribution in [0.1, 0.15) is 30.1 Å². The van der Waals surface area contributed by atoms with E-state index < -0.39 is 0 Å². The van der Waals surface area contributed by atoms with Crippen molar-refractivity contribution in [2.75, 3.05) is 19.7 Å². The molecule has 0 bridgehead atoms. The zero-order valence-electron chi connectivity index (χ0n) is 13.4. The first-order chi connectivity index (χ1) is 11.0. The van der Waals surface area contributed by atoms with Crippen LogP contribution >= 0.6 is 0 Å². The Hall–Kier alpha value is -2.34. The van der Waals surface area contributed by atoms with Gasteiger partial charge < -0.3 is 9.64 Å². The molecule has 1 heterocycles. The standard InChI is InChI=1S/C17H23N3O3/c1-12(2)11-23-15-5-3-4-14(10-15)17(22)20-8-6-13(7-9-20)16(21)19-18/h3-5,10,13H,1,6-9,11,18H2,2H3,(H,19,21). The molecule has 0 aromatic heterocycles. The predicted octanol–water partition coefficient (Wildman–Crippen LogP) is 1.48. The third kappa shape index (κ3) is 4.56. The molecule has 1 aliphatic rings. The Morgan fingerprint density at radius 3 is 2.70 bits per heavy atom. The molecule has 1 fully saturated rings. The number of benzene rings is 1. The molecule has 0 radical (unpaired) electrons. The number of nitrogens with two attached hydrogens (primary N) is 1. The van der Waals surface area contributed by atoms with Crippen molar-refractivity contribution in [3.8, 4) is 5.75 Å². The van der Waals surface area contributed by atoms with E-state index in [1.807, 2.05) is 13.0 Å². The van der Waals surface area contributed by atoms with Gasteiger partial charge in [0.25, 0.3) is 5.91 Å². The number of rotatable bonds is 5. The number of hydrogen-bond acceptors (Lipinski definition) is 4. The third-order valence-electron chi connectivity index (χ3n) is 3.86. The maximum absolute atomic E-state index is 12.6. The van der Waals surface area contributed by atoms with Crippen LogP contribution < -0.4 is 16.0 Å². The lowest BCUT2D eigenvalue weighted by molar-refractivity contribution is -0.126. The zero-order chi connectivity index (χ0) is 16.8. The summed E-state index contributed by atoms with van der Waals surface area (Å²) in [4.78, 5) is 25.8. The molecule has 6 nitrogen and oxygen atoms in total. The summed E-state index contributed by atoms with van der Waals surface area (Å²) in [5, 5.41) is 0. The van der Waals surface area contributed by atoms with E-state index >= 15 is 0 Å². The smallest absolute Gasteiger partial charge is 0.253 e. The van der Waals surface area contributed by atoms with Gasteiger partial charge in [-0.25, -0.2) is 5.84 Å². The second-order valence-electron chi connectivity index (χ2n) is 5.85. The molecule has 124 valence electrons. The summed E-state index contributed by atoms with van der Waals surface area (Å²) >= 11 is 0. The Labute approximate surface area is 136 Å². The Kier molecular flexibility index (Phi) is 5.76. The van der Waals surface area contributed by atoms with Crippen molar-refractivity contribution in [2.24, 2.45) is 11.8 Å². The van der Waals surface area contributed by atoms with Crippen molar-refractivity contribution in [3.05, 3.63) is 42.0 Å². The van der Waals surface area contributed by atoms with Gasteiger partial charge in [0.15, 0.2) is 0 Å². The minimum atomic E-state index is -0.160. The lowest BCUT2D eigenvalue weighted by Crippen LogP contribution is -2.44. The van der Waals surface area contributed by atoms with Crippen LogP contribution in [-0.2, 0) is 4.79 Å². The number of nitrogens with zero attached hydrogens (tertiary/aromatic N) is 1. The maximum atomic E-state index is 12.6. The zero-order valence-corrected chi connectivity index (χ0v) is 13.4. The van der Waals surface area contributed by atoms with Crippen molar-refractivity contribution in [1.82, 2.24) is 10.3 Å². The fraction of sp³-hybridized carbons (Fsp3) is 0.412. The van der Waals surface area contributed by atoms with Crippen molar-refractivity contribution < 1.29 is 14.3 Å². The van der Waals surface area contributed by atoms with Gasteiger partial charge in [0.1, 0.15) is 12.4 Å². The fourth-order valence-corrected chi connectivity index (χ4v) is 2.57. The summed E-state index contributed by atoms with van der Waals surface area (Å²) in [7, 11) is 0. The van der Waals surface area contributed by atoms with E-state index in [9.17, 15) is 9.59 Å². The summed E-state index contributed by atoms with van der Waals surface area (Å²) in [6, 6.07) is 7.13. The lowest BCUT2D eigenvalue weighted by Gasteiger charge is -2.31. The quantitative estimate of drug-likeness (QED) is 0.373. The summed E-state index contributed by atoms with van der Waals surface area (Å²) in [5.41, 5.74) is 3.68. The minimum absolute atomic E-state index is 0.0441. The van der Waals surface area contributed by atoms with Gasteiger partial charge in [0.05, 0.1) is 0 Å². The van der Waals surface area contributed by atoms with Crippen molar-refractivity contribution in [2.45, 2.75) is 19.8 Å². The van der Waals surface area contributed by atoms with Crippen molar-refractivity contribution in [3.63, 3.8) is 0 Å². The van der Waals surface area contributed by atoms with Crippen LogP contribution in [0.5, 0.6) is 5.75 Å². The summed E-state index contributed by atoms with van der Waals surface area (Å²) in [5.74, 6) is 5.48. The molecule has 0 spiro atoms. The van der Waals surface area contributed by atoms with E-state index in [0.717, 1.165) is 5.57 Å². The highest BCUT2D eigenvalue weighted by atomic mass is 16.5. The highest BCUT2D eigenvalue weighted by Crippen LogP contribution is 2.21. The van der Waals surface area contributed by atoms with Gasteiger partial charge in [-0.1, -0.05) is 12.6 Å². The number of amides is 2. The third-order valence-corrected chi connectivity index (χ3v) is 3.86. The molecular weight excluding hydrogens is 294 g/mol. The molecule has 0 atom stereocenters. The Balaban J connectivity index is 1.97. The van der Waals surface area contributed by atoms with Gasteiger partial charge in [-0.3, -0.25) is 15.0 Å². The van der Waals surface area contributed by atoms with E-state index in [1.54, 1.807) is 23.1 Å². The highest BCUT2D eigenvalue weighted by Gasteiger charge is 2.27. The highest BCUT2D eigenvalue weighted by molar-refractivity contribution is 5.94. The molecule has 2 amide bonds. The average molecular weight is 317 g/mol. The molecule has 1 saturated heterocycles. The van der Waals surface area contributed by atoms with Crippen LogP contribution in [0.25, 0.3) is 0 Å². The Morgan fingerprint density at radius 2 is 2.09 bits per heavy atom. The monoisotopic (exact) mass is 317 g/mol. The number of carbonyl (C=O) groups is 2. The average Bonchev–Trinajstić information content (AvgIpc) is 2.59. The van der Waals surface area contributed by atoms with Crippen LogP contribution in [0.2, 0.25) is 0 Å². The number of piperidine rings is 1. The summed E-state index contributed by atoms with van der Waals surface area (Å²) in [6.45, 7) is 7.20. The van der Waals surface area contributed by atoms with Gasteiger partial charge in [0, 0.05) is 24.6 Å². The second-order valence-corrected chi connectivity index (χ2v) is 5.85. The first kappa shape index (κ1) is 17.0. The van der Waals surface area contributed by atoms with Crippen LogP contribution in [-0.4, -0.2) is 36.4 Å². The van der Waals surface area contributed by atoms with Gasteiger partial charge in [0.2, 0.25) is 5.91 Å². The summed E-state index contributed by atoms with van der Waals surface area (Å²) in [6.07, 6.45) is 1.25. The summed E-state index contributed by atoms with van der Waals surface area (Å²) < 4.78 is 5.57. The Bertz CT molecular complexity index is 593. The SMILES string of the molecule is C=C(C)COc1cccc(C(=O)N2CCC(C(=O)NN)CC2)c1. The van der Waals surface area contributed by atoms with Crippen LogP contribution in [0.3, 0.4) is 0 Å². The van der Waals surface area contributed by atoms with Crippen LogP contribution in [0.4, 0.5) is 0 Å². The first-order valence-corrected chi connectivity index (χ1v) is 7.68. The van der Waals surface area contributed by atoms with Crippen LogP contribution in [0, 0.1) is 5.92 Å². The lowest BCUT2D eigenvalue weighted by atomic mass is 9.95. The van der Waals surface area contributed by atoms with Crippen molar-refractivity contribution >= 4 is 11.8 Å². The van der Waals surface area contributed by atoms with E-state index in [-0.39, 0.29) is 17.7 Å².